The van der Waals surface area contributed by atoms with Crippen LogP contribution in [-0.2, 0) is 6.42 Å². The van der Waals surface area contributed by atoms with Crippen molar-refractivity contribution in [3.8, 4) is 0 Å². The first kappa shape index (κ1) is 10.9. The first-order valence-electron chi connectivity index (χ1n) is 5.10. The summed E-state index contributed by atoms with van der Waals surface area (Å²) in [6, 6.07) is 3.78. The number of hydrogen-bond donors (Lipinski definition) is 2. The summed E-state index contributed by atoms with van der Waals surface area (Å²) in [5.74, 6) is 0.483. The highest BCUT2D eigenvalue weighted by molar-refractivity contribution is 7.12. The number of anilines is 1. The molecular formula is C11H13N3OS. The number of nitrogens with zero attached hydrogens (tertiary/aromatic N) is 1. The Morgan fingerprint density at radius 3 is 3.00 bits per heavy atom. The fourth-order valence-corrected chi connectivity index (χ4v) is 2.21. The van der Waals surface area contributed by atoms with Crippen LogP contribution in [0.5, 0.6) is 0 Å². The van der Waals surface area contributed by atoms with Crippen molar-refractivity contribution in [1.29, 1.82) is 0 Å². The van der Waals surface area contributed by atoms with E-state index in [1.54, 1.807) is 0 Å². The van der Waals surface area contributed by atoms with Gasteiger partial charge in [0, 0.05) is 11.8 Å². The number of thiophene rings is 1. The zero-order chi connectivity index (χ0) is 11.5. The SMILES string of the molecule is CCc1cc(NC(=O)c2sccc2C)n[nH]1. The molecule has 0 saturated heterocycles. The van der Waals surface area contributed by atoms with Gasteiger partial charge in [0.15, 0.2) is 5.82 Å². The number of hydrogen-bond acceptors (Lipinski definition) is 3. The van der Waals surface area contributed by atoms with Crippen LogP contribution in [0.1, 0.15) is 27.9 Å². The van der Waals surface area contributed by atoms with Crippen LogP contribution >= 0.6 is 11.3 Å². The van der Waals surface area contributed by atoms with Crippen molar-refractivity contribution in [2.75, 3.05) is 5.32 Å². The molecular weight excluding hydrogens is 222 g/mol. The zero-order valence-corrected chi connectivity index (χ0v) is 10.0. The molecule has 0 unspecified atom stereocenters. The Labute approximate surface area is 97.7 Å². The third-order valence-corrected chi connectivity index (χ3v) is 3.34. The molecule has 0 atom stereocenters. The highest BCUT2D eigenvalue weighted by Gasteiger charge is 2.11. The molecule has 0 aliphatic carbocycles. The minimum absolute atomic E-state index is 0.0957. The third kappa shape index (κ3) is 2.14. The summed E-state index contributed by atoms with van der Waals surface area (Å²) in [4.78, 5) is 12.6. The molecule has 0 spiro atoms. The molecule has 16 heavy (non-hydrogen) atoms. The highest BCUT2D eigenvalue weighted by Crippen LogP contribution is 2.17. The van der Waals surface area contributed by atoms with E-state index in [0.717, 1.165) is 22.6 Å². The van der Waals surface area contributed by atoms with Crippen molar-refractivity contribution in [3.05, 3.63) is 33.6 Å². The Morgan fingerprint density at radius 1 is 1.62 bits per heavy atom. The summed E-state index contributed by atoms with van der Waals surface area (Å²) in [5.41, 5.74) is 2.01. The fourth-order valence-electron chi connectivity index (χ4n) is 1.39. The average molecular weight is 235 g/mol. The Hall–Kier alpha value is -1.62. The van der Waals surface area contributed by atoms with Gasteiger partial charge in [0.1, 0.15) is 0 Å². The largest absolute Gasteiger partial charge is 0.304 e. The lowest BCUT2D eigenvalue weighted by Gasteiger charge is -1.99. The van der Waals surface area contributed by atoms with Gasteiger partial charge >= 0.3 is 0 Å². The zero-order valence-electron chi connectivity index (χ0n) is 9.20. The van der Waals surface area contributed by atoms with Crippen LogP contribution in [0.2, 0.25) is 0 Å². The van der Waals surface area contributed by atoms with E-state index >= 15 is 0 Å². The molecule has 2 N–H and O–H groups in total. The predicted molar refractivity (Wildman–Crippen MR) is 65.0 cm³/mol. The van der Waals surface area contributed by atoms with Gasteiger partial charge in [-0.05, 0) is 30.4 Å². The molecule has 4 nitrogen and oxygen atoms in total. The van der Waals surface area contributed by atoms with Gasteiger partial charge in [-0.3, -0.25) is 9.89 Å². The normalized spacial score (nSPS) is 10.4. The van der Waals surface area contributed by atoms with Gasteiger partial charge in [-0.25, -0.2) is 0 Å². The second-order valence-corrected chi connectivity index (χ2v) is 4.43. The molecule has 0 aliphatic heterocycles. The monoisotopic (exact) mass is 235 g/mol. The van der Waals surface area contributed by atoms with E-state index in [1.807, 2.05) is 31.4 Å². The minimum atomic E-state index is -0.0957. The Balaban J connectivity index is 2.11. The molecule has 0 aliphatic rings. The van der Waals surface area contributed by atoms with E-state index in [9.17, 15) is 4.79 Å². The third-order valence-electron chi connectivity index (χ3n) is 2.32. The number of rotatable bonds is 3. The van der Waals surface area contributed by atoms with Crippen LogP contribution in [0.25, 0.3) is 0 Å². The maximum Gasteiger partial charge on any atom is 0.267 e. The van der Waals surface area contributed by atoms with Crippen LogP contribution in [0.15, 0.2) is 17.5 Å². The molecule has 2 aromatic rings. The summed E-state index contributed by atoms with van der Waals surface area (Å²) >= 11 is 1.44. The van der Waals surface area contributed by atoms with E-state index in [2.05, 4.69) is 15.5 Å². The number of amides is 1. The fraction of sp³-hybridized carbons (Fsp3) is 0.273. The van der Waals surface area contributed by atoms with Gasteiger partial charge in [0.2, 0.25) is 0 Å². The van der Waals surface area contributed by atoms with E-state index in [1.165, 1.54) is 11.3 Å². The molecule has 0 bridgehead atoms. The summed E-state index contributed by atoms with van der Waals surface area (Å²) in [5, 5.41) is 11.6. The van der Waals surface area contributed by atoms with Crippen LogP contribution in [0.3, 0.4) is 0 Å². The van der Waals surface area contributed by atoms with Crippen molar-refractivity contribution >= 4 is 23.1 Å². The van der Waals surface area contributed by atoms with Gasteiger partial charge in [0.05, 0.1) is 4.88 Å². The van der Waals surface area contributed by atoms with Gasteiger partial charge in [-0.15, -0.1) is 11.3 Å². The van der Waals surface area contributed by atoms with Crippen molar-refractivity contribution in [1.82, 2.24) is 10.2 Å². The molecule has 2 heterocycles. The minimum Gasteiger partial charge on any atom is -0.304 e. The summed E-state index contributed by atoms with van der Waals surface area (Å²) < 4.78 is 0. The summed E-state index contributed by atoms with van der Waals surface area (Å²) in [6.07, 6.45) is 0.876. The van der Waals surface area contributed by atoms with E-state index in [-0.39, 0.29) is 5.91 Å². The van der Waals surface area contributed by atoms with Crippen molar-refractivity contribution in [3.63, 3.8) is 0 Å². The van der Waals surface area contributed by atoms with E-state index < -0.39 is 0 Å². The summed E-state index contributed by atoms with van der Waals surface area (Å²) in [7, 11) is 0. The average Bonchev–Trinajstić information content (AvgIpc) is 2.86. The lowest BCUT2D eigenvalue weighted by molar-refractivity contribution is 0.102. The maximum atomic E-state index is 11.8. The second kappa shape index (κ2) is 4.49. The number of aromatic amines is 1. The Bertz CT molecular complexity index is 501. The molecule has 84 valence electrons. The van der Waals surface area contributed by atoms with Crippen LogP contribution in [0, 0.1) is 6.92 Å². The number of nitrogens with one attached hydrogen (secondary N) is 2. The molecule has 0 fully saturated rings. The van der Waals surface area contributed by atoms with Crippen LogP contribution in [0.4, 0.5) is 5.82 Å². The number of carbonyl (C=O) groups excluding carboxylic acids is 1. The van der Waals surface area contributed by atoms with E-state index in [0.29, 0.717) is 5.82 Å². The molecule has 1 amide bonds. The number of carbonyl (C=O) groups is 1. The van der Waals surface area contributed by atoms with Crippen LogP contribution in [-0.4, -0.2) is 16.1 Å². The summed E-state index contributed by atoms with van der Waals surface area (Å²) in [6.45, 7) is 3.95. The maximum absolute atomic E-state index is 11.8. The molecule has 0 saturated carbocycles. The Kier molecular flexibility index (Phi) is 3.05. The topological polar surface area (TPSA) is 57.8 Å². The Morgan fingerprint density at radius 2 is 2.44 bits per heavy atom. The smallest absolute Gasteiger partial charge is 0.267 e. The van der Waals surface area contributed by atoms with Crippen molar-refractivity contribution < 1.29 is 4.79 Å². The highest BCUT2D eigenvalue weighted by atomic mass is 32.1. The second-order valence-electron chi connectivity index (χ2n) is 3.52. The van der Waals surface area contributed by atoms with Crippen molar-refractivity contribution in [2.45, 2.75) is 20.3 Å². The van der Waals surface area contributed by atoms with Crippen LogP contribution < -0.4 is 5.32 Å². The lowest BCUT2D eigenvalue weighted by atomic mass is 10.3. The van der Waals surface area contributed by atoms with E-state index in [4.69, 9.17) is 0 Å². The molecule has 2 aromatic heterocycles. The molecule has 5 heteroatoms. The number of aryl methyl sites for hydroxylation is 2. The first-order chi connectivity index (χ1) is 7.70. The van der Waals surface area contributed by atoms with Crippen molar-refractivity contribution in [2.24, 2.45) is 0 Å². The molecule has 0 aromatic carbocycles. The quantitative estimate of drug-likeness (QED) is 0.859. The van der Waals surface area contributed by atoms with Gasteiger partial charge in [-0.2, -0.15) is 5.10 Å². The van der Waals surface area contributed by atoms with Gasteiger partial charge in [0.25, 0.3) is 5.91 Å². The number of H-pyrrole nitrogens is 1. The van der Waals surface area contributed by atoms with Gasteiger partial charge < -0.3 is 5.32 Å². The molecule has 0 radical (unpaired) electrons. The lowest BCUT2D eigenvalue weighted by Crippen LogP contribution is -2.11. The van der Waals surface area contributed by atoms with Gasteiger partial charge in [-0.1, -0.05) is 6.92 Å². The number of aromatic nitrogens is 2. The first-order valence-corrected chi connectivity index (χ1v) is 5.98. The standard InChI is InChI=1S/C11H13N3OS/c1-3-8-6-9(14-13-8)12-11(15)10-7(2)4-5-16-10/h4-6H,3H2,1-2H3,(H2,12,13,14,15). The predicted octanol–water partition coefficient (Wildman–Crippen LogP) is 2.59. The molecule has 2 rings (SSSR count).